The van der Waals surface area contributed by atoms with Crippen LogP contribution in [0.4, 0.5) is 11.4 Å². The second kappa shape index (κ2) is 12.9. The fraction of sp³-hybridized carbons (Fsp3) is 0.348. The second-order valence-electron chi connectivity index (χ2n) is 8.27. The molecule has 1 unspecified atom stereocenters. The van der Waals surface area contributed by atoms with Crippen LogP contribution in [-0.4, -0.2) is 47.5 Å². The molecule has 3 N–H and O–H groups in total. The molecule has 13 heteroatoms. The molecule has 0 radical (unpaired) electrons. The van der Waals surface area contributed by atoms with Crippen LogP contribution in [0.1, 0.15) is 26.3 Å². The molecule has 2 rings (SSSR count). The fourth-order valence-electron chi connectivity index (χ4n) is 2.95. The Kier molecular flexibility index (Phi) is 10.5. The van der Waals surface area contributed by atoms with Crippen molar-refractivity contribution in [2.75, 3.05) is 25.1 Å². The zero-order valence-corrected chi connectivity index (χ0v) is 22.0. The van der Waals surface area contributed by atoms with Crippen LogP contribution in [-0.2, 0) is 29.5 Å². The molecule has 0 saturated heterocycles. The van der Waals surface area contributed by atoms with Gasteiger partial charge in [-0.15, -0.1) is 4.91 Å². The first-order chi connectivity index (χ1) is 16.9. The van der Waals surface area contributed by atoms with Crippen LogP contribution in [0.2, 0.25) is 10.0 Å². The quantitative estimate of drug-likeness (QED) is 0.178. The highest BCUT2D eigenvalue weighted by molar-refractivity contribution is 7.99. The van der Waals surface area contributed by atoms with Crippen LogP contribution in [0, 0.1) is 4.91 Å². The number of rotatable bonds is 13. The summed E-state index contributed by atoms with van der Waals surface area (Å²) in [6, 6.07) is 11.2. The molecule has 0 aliphatic carbocycles. The Morgan fingerprint density at radius 1 is 1.03 bits per heavy atom. The van der Waals surface area contributed by atoms with Gasteiger partial charge in [0.15, 0.2) is 0 Å². The molecule has 0 aliphatic rings. The second-order valence-corrected chi connectivity index (χ2v) is 10.5. The monoisotopic (exact) mass is 557 g/mol. The highest BCUT2D eigenvalue weighted by Gasteiger charge is 2.41. The number of carbonyl (C=O) groups is 3. The summed E-state index contributed by atoms with van der Waals surface area (Å²) >= 11 is 13.2. The third-order valence-electron chi connectivity index (χ3n) is 4.84. The van der Waals surface area contributed by atoms with Gasteiger partial charge in [0.05, 0.1) is 20.5 Å². The number of nitrogens with one attached hydrogen (secondary N) is 2. The van der Waals surface area contributed by atoms with Crippen LogP contribution < -0.4 is 10.6 Å². The molecule has 2 aromatic carbocycles. The molecular weight excluding hydrogens is 533 g/mol. The summed E-state index contributed by atoms with van der Waals surface area (Å²) in [5, 5.41) is 16.1. The SMILES string of the molecule is CC(C)(CNC(=O)COCC(=O)OC(C)(C(=O)O)c1ccccc1Nc1c(Cl)cccc1Cl)SN=O. The lowest BCUT2D eigenvalue weighted by atomic mass is 9.93. The van der Waals surface area contributed by atoms with E-state index < -0.39 is 41.4 Å². The smallest absolute Gasteiger partial charge is 0.352 e. The minimum atomic E-state index is -2.11. The van der Waals surface area contributed by atoms with Crippen molar-refractivity contribution >= 4 is 64.4 Å². The normalized spacial score (nSPS) is 12.8. The van der Waals surface area contributed by atoms with Gasteiger partial charge in [-0.3, -0.25) is 4.79 Å². The summed E-state index contributed by atoms with van der Waals surface area (Å²) in [4.78, 5) is 47.0. The summed E-state index contributed by atoms with van der Waals surface area (Å²) < 4.78 is 12.5. The van der Waals surface area contributed by atoms with E-state index in [0.29, 0.717) is 21.4 Å². The molecule has 194 valence electrons. The fourth-order valence-corrected chi connectivity index (χ4v) is 3.78. The molecule has 36 heavy (non-hydrogen) atoms. The molecule has 0 heterocycles. The number of hydrogen-bond acceptors (Lipinski definition) is 9. The lowest BCUT2D eigenvalue weighted by Crippen LogP contribution is -2.40. The van der Waals surface area contributed by atoms with Gasteiger partial charge in [-0.2, -0.15) is 0 Å². The van der Waals surface area contributed by atoms with Crippen LogP contribution in [0.25, 0.3) is 0 Å². The van der Waals surface area contributed by atoms with Gasteiger partial charge in [-0.25, -0.2) is 9.59 Å². The molecule has 0 aliphatic heterocycles. The number of aliphatic carboxylic acids is 1. The van der Waals surface area contributed by atoms with Crippen molar-refractivity contribution in [2.45, 2.75) is 31.1 Å². The third-order valence-corrected chi connectivity index (χ3v) is 6.18. The van der Waals surface area contributed by atoms with Crippen LogP contribution in [0.15, 0.2) is 47.0 Å². The van der Waals surface area contributed by atoms with E-state index in [2.05, 4.69) is 15.2 Å². The Labute approximate surface area is 222 Å². The number of anilines is 2. The summed E-state index contributed by atoms with van der Waals surface area (Å²) in [6.07, 6.45) is 0. The maximum atomic E-state index is 12.4. The van der Waals surface area contributed by atoms with Gasteiger partial charge in [0, 0.05) is 34.3 Å². The van der Waals surface area contributed by atoms with E-state index in [1.807, 2.05) is 0 Å². The number of halogens is 2. The van der Waals surface area contributed by atoms with Crippen molar-refractivity contribution in [3.05, 3.63) is 63.0 Å². The van der Waals surface area contributed by atoms with Crippen molar-refractivity contribution in [3.8, 4) is 0 Å². The predicted molar refractivity (Wildman–Crippen MR) is 139 cm³/mol. The minimum absolute atomic E-state index is 0.128. The largest absolute Gasteiger partial charge is 0.478 e. The zero-order valence-electron chi connectivity index (χ0n) is 19.7. The number of esters is 1. The topological polar surface area (TPSA) is 143 Å². The summed E-state index contributed by atoms with van der Waals surface area (Å²) in [5.41, 5.74) is -1.32. The van der Waals surface area contributed by atoms with Crippen LogP contribution >= 0.6 is 35.1 Å². The Hall–Kier alpha value is -2.86. The first-order valence-corrected chi connectivity index (χ1v) is 12.0. The number of nitrogens with zero attached hydrogens (tertiary/aromatic N) is 1. The van der Waals surface area contributed by atoms with Crippen molar-refractivity contribution < 1.29 is 29.0 Å². The molecule has 0 aromatic heterocycles. The van der Waals surface area contributed by atoms with Crippen molar-refractivity contribution in [1.82, 2.24) is 5.32 Å². The molecule has 2 aromatic rings. The maximum absolute atomic E-state index is 12.4. The number of benzene rings is 2. The number of amides is 1. The molecule has 0 spiro atoms. The minimum Gasteiger partial charge on any atom is -0.478 e. The first kappa shape index (κ1) is 29.4. The number of ether oxygens (including phenoxy) is 2. The molecule has 1 amide bonds. The van der Waals surface area contributed by atoms with E-state index in [1.54, 1.807) is 50.2 Å². The summed E-state index contributed by atoms with van der Waals surface area (Å²) in [5.74, 6) is -2.97. The lowest BCUT2D eigenvalue weighted by molar-refractivity contribution is -0.181. The van der Waals surface area contributed by atoms with Crippen molar-refractivity contribution in [3.63, 3.8) is 0 Å². The molecule has 0 fully saturated rings. The first-order valence-electron chi connectivity index (χ1n) is 10.5. The van der Waals surface area contributed by atoms with Crippen molar-refractivity contribution in [2.24, 2.45) is 4.58 Å². The highest BCUT2D eigenvalue weighted by Crippen LogP contribution is 2.38. The van der Waals surface area contributed by atoms with Gasteiger partial charge in [0.1, 0.15) is 13.2 Å². The standard InChI is InChI=1S/C23H25Cl2N3O7S/c1-22(2,36-28-33)13-26-18(29)11-34-12-19(30)35-23(3,21(31)32)14-7-4-5-10-17(14)27-20-15(24)8-6-9-16(20)25/h4-10,27H,11-13H2,1-3H3,(H,26,29)(H,31,32). The predicted octanol–water partition coefficient (Wildman–Crippen LogP) is 4.91. The average molecular weight is 558 g/mol. The molecule has 10 nitrogen and oxygen atoms in total. The van der Waals surface area contributed by atoms with E-state index in [0.717, 1.165) is 11.9 Å². The van der Waals surface area contributed by atoms with E-state index in [9.17, 15) is 24.4 Å². The van der Waals surface area contributed by atoms with Gasteiger partial charge in [-0.05, 0) is 39.0 Å². The number of para-hydroxylation sites is 2. The van der Waals surface area contributed by atoms with E-state index >= 15 is 0 Å². The number of hydrogen-bond donors (Lipinski definition) is 3. The van der Waals surface area contributed by atoms with E-state index in [1.165, 1.54) is 13.0 Å². The zero-order chi connectivity index (χ0) is 26.9. The Bertz CT molecular complexity index is 1110. The third kappa shape index (κ3) is 8.09. The maximum Gasteiger partial charge on any atom is 0.352 e. The number of carboxylic acid groups (broad SMARTS) is 1. The van der Waals surface area contributed by atoms with Crippen LogP contribution in [0.5, 0.6) is 0 Å². The molecular formula is C23H25Cl2N3O7S. The van der Waals surface area contributed by atoms with Crippen molar-refractivity contribution in [1.29, 1.82) is 0 Å². The average Bonchev–Trinajstić information content (AvgIpc) is 2.80. The summed E-state index contributed by atoms with van der Waals surface area (Å²) in [7, 11) is 0. The number of carboxylic acids is 1. The number of carbonyl (C=O) groups excluding carboxylic acids is 2. The molecule has 1 atom stereocenters. The highest BCUT2D eigenvalue weighted by atomic mass is 35.5. The van der Waals surface area contributed by atoms with Gasteiger partial charge in [-0.1, -0.05) is 47.5 Å². The number of nitroso groups, excluding NO2 is 1. The van der Waals surface area contributed by atoms with Gasteiger partial charge < -0.3 is 25.2 Å². The van der Waals surface area contributed by atoms with Gasteiger partial charge in [0.2, 0.25) is 11.5 Å². The van der Waals surface area contributed by atoms with Gasteiger partial charge >= 0.3 is 11.9 Å². The van der Waals surface area contributed by atoms with Gasteiger partial charge in [0.25, 0.3) is 0 Å². The Morgan fingerprint density at radius 2 is 1.67 bits per heavy atom. The van der Waals surface area contributed by atoms with E-state index in [-0.39, 0.29) is 12.1 Å². The Balaban J connectivity index is 2.08. The molecule has 0 bridgehead atoms. The lowest BCUT2D eigenvalue weighted by Gasteiger charge is -2.28. The summed E-state index contributed by atoms with van der Waals surface area (Å²) in [6.45, 7) is 3.66. The van der Waals surface area contributed by atoms with Crippen LogP contribution in [0.3, 0.4) is 0 Å². The Morgan fingerprint density at radius 3 is 2.28 bits per heavy atom. The molecule has 0 saturated carbocycles. The van der Waals surface area contributed by atoms with E-state index in [4.69, 9.17) is 32.7 Å².